The lowest BCUT2D eigenvalue weighted by Gasteiger charge is -2.30. The number of nitrogens with two attached hydrogens (primary N) is 1. The average Bonchev–Trinajstić information content (AvgIpc) is 2.85. The molecule has 0 aromatic heterocycles. The van der Waals surface area contributed by atoms with Crippen molar-refractivity contribution < 1.29 is 13.6 Å². The van der Waals surface area contributed by atoms with E-state index in [1.807, 2.05) is 0 Å². The molecule has 0 heterocycles. The lowest BCUT2D eigenvalue weighted by molar-refractivity contribution is -0.121. The third kappa shape index (κ3) is 3.59. The number of amides is 1. The molecular formula is C16H22F2N2O. The number of rotatable bonds is 5. The SMILES string of the molecule is CC(N)CC(=O)NCC1(c2c(F)cccc2F)CCCC1. The van der Waals surface area contributed by atoms with E-state index in [-0.39, 0.29) is 30.5 Å². The topological polar surface area (TPSA) is 55.1 Å². The summed E-state index contributed by atoms with van der Waals surface area (Å²) in [4.78, 5) is 11.8. The van der Waals surface area contributed by atoms with Crippen LogP contribution in [0.15, 0.2) is 18.2 Å². The monoisotopic (exact) mass is 296 g/mol. The number of halogens is 2. The summed E-state index contributed by atoms with van der Waals surface area (Å²) < 4.78 is 28.2. The van der Waals surface area contributed by atoms with Gasteiger partial charge in [-0.2, -0.15) is 0 Å². The third-order valence-corrected chi connectivity index (χ3v) is 4.19. The molecule has 21 heavy (non-hydrogen) atoms. The fraction of sp³-hybridized carbons (Fsp3) is 0.562. The summed E-state index contributed by atoms with van der Waals surface area (Å²) in [5, 5.41) is 2.80. The molecule has 0 saturated heterocycles. The number of hydrogen-bond donors (Lipinski definition) is 2. The zero-order valence-electron chi connectivity index (χ0n) is 12.3. The minimum atomic E-state index is -0.636. The van der Waals surface area contributed by atoms with Crippen LogP contribution in [0.25, 0.3) is 0 Å². The van der Waals surface area contributed by atoms with Gasteiger partial charge in [0.2, 0.25) is 5.91 Å². The lowest BCUT2D eigenvalue weighted by Crippen LogP contribution is -2.41. The molecule has 5 heteroatoms. The van der Waals surface area contributed by atoms with Crippen LogP contribution in [0.3, 0.4) is 0 Å². The van der Waals surface area contributed by atoms with Crippen molar-refractivity contribution >= 4 is 5.91 Å². The number of carbonyl (C=O) groups is 1. The van der Waals surface area contributed by atoms with Crippen molar-refractivity contribution in [1.29, 1.82) is 0 Å². The van der Waals surface area contributed by atoms with Gasteiger partial charge in [-0.25, -0.2) is 8.78 Å². The molecule has 1 aliphatic carbocycles. The highest BCUT2D eigenvalue weighted by Gasteiger charge is 2.40. The average molecular weight is 296 g/mol. The number of benzene rings is 1. The van der Waals surface area contributed by atoms with Crippen LogP contribution in [-0.4, -0.2) is 18.5 Å². The zero-order chi connectivity index (χ0) is 15.5. The van der Waals surface area contributed by atoms with Crippen molar-refractivity contribution in [3.05, 3.63) is 35.4 Å². The van der Waals surface area contributed by atoms with Crippen molar-refractivity contribution in [1.82, 2.24) is 5.32 Å². The smallest absolute Gasteiger partial charge is 0.221 e. The molecule has 1 saturated carbocycles. The molecule has 0 bridgehead atoms. The first kappa shape index (κ1) is 15.9. The van der Waals surface area contributed by atoms with Gasteiger partial charge in [-0.3, -0.25) is 4.79 Å². The summed E-state index contributed by atoms with van der Waals surface area (Å²) >= 11 is 0. The van der Waals surface area contributed by atoms with Gasteiger partial charge in [0.1, 0.15) is 11.6 Å². The van der Waals surface area contributed by atoms with Gasteiger partial charge >= 0.3 is 0 Å². The second-order valence-electron chi connectivity index (χ2n) is 6.04. The molecule has 1 fully saturated rings. The number of nitrogens with one attached hydrogen (secondary N) is 1. The van der Waals surface area contributed by atoms with Gasteiger partial charge in [0.05, 0.1) is 0 Å². The molecular weight excluding hydrogens is 274 g/mol. The summed E-state index contributed by atoms with van der Waals surface area (Å²) in [6, 6.07) is 3.70. The first-order valence-corrected chi connectivity index (χ1v) is 7.41. The quantitative estimate of drug-likeness (QED) is 0.877. The van der Waals surface area contributed by atoms with Crippen LogP contribution in [0.1, 0.15) is 44.6 Å². The van der Waals surface area contributed by atoms with E-state index in [2.05, 4.69) is 5.32 Å². The summed E-state index contributed by atoms with van der Waals surface area (Å²) in [6.07, 6.45) is 3.41. The van der Waals surface area contributed by atoms with Gasteiger partial charge in [-0.15, -0.1) is 0 Å². The Kier molecular flexibility index (Phi) is 4.93. The molecule has 0 spiro atoms. The van der Waals surface area contributed by atoms with Crippen LogP contribution in [-0.2, 0) is 10.2 Å². The summed E-state index contributed by atoms with van der Waals surface area (Å²) in [7, 11) is 0. The maximum absolute atomic E-state index is 14.1. The van der Waals surface area contributed by atoms with E-state index in [0.29, 0.717) is 12.8 Å². The highest BCUT2D eigenvalue weighted by atomic mass is 19.1. The van der Waals surface area contributed by atoms with E-state index in [4.69, 9.17) is 5.73 Å². The van der Waals surface area contributed by atoms with Crippen LogP contribution in [0.4, 0.5) is 8.78 Å². The van der Waals surface area contributed by atoms with Gasteiger partial charge in [0.25, 0.3) is 0 Å². The molecule has 1 amide bonds. The molecule has 1 atom stereocenters. The van der Waals surface area contributed by atoms with Crippen molar-refractivity contribution in [3.63, 3.8) is 0 Å². The van der Waals surface area contributed by atoms with Crippen molar-refractivity contribution in [3.8, 4) is 0 Å². The van der Waals surface area contributed by atoms with E-state index in [1.165, 1.54) is 18.2 Å². The maximum Gasteiger partial charge on any atom is 0.221 e. The second kappa shape index (κ2) is 6.52. The highest BCUT2D eigenvalue weighted by Crippen LogP contribution is 2.42. The minimum Gasteiger partial charge on any atom is -0.355 e. The molecule has 0 radical (unpaired) electrons. The Morgan fingerprint density at radius 3 is 2.43 bits per heavy atom. The first-order valence-electron chi connectivity index (χ1n) is 7.41. The third-order valence-electron chi connectivity index (χ3n) is 4.19. The number of carbonyl (C=O) groups excluding carboxylic acids is 1. The highest BCUT2D eigenvalue weighted by molar-refractivity contribution is 5.76. The van der Waals surface area contributed by atoms with E-state index >= 15 is 0 Å². The van der Waals surface area contributed by atoms with Gasteiger partial charge in [0, 0.05) is 30.0 Å². The Hall–Kier alpha value is -1.49. The van der Waals surface area contributed by atoms with Gasteiger partial charge in [-0.1, -0.05) is 18.9 Å². The van der Waals surface area contributed by atoms with Crippen molar-refractivity contribution in [2.24, 2.45) is 5.73 Å². The fourth-order valence-corrected chi connectivity index (χ4v) is 3.20. The molecule has 3 nitrogen and oxygen atoms in total. The van der Waals surface area contributed by atoms with Crippen molar-refractivity contribution in [2.75, 3.05) is 6.54 Å². The first-order chi connectivity index (χ1) is 9.94. The van der Waals surface area contributed by atoms with Gasteiger partial charge in [0.15, 0.2) is 0 Å². The maximum atomic E-state index is 14.1. The molecule has 0 aliphatic heterocycles. The standard InChI is InChI=1S/C16H22F2N2O/c1-11(19)9-14(21)20-10-16(7-2-3-8-16)15-12(17)5-4-6-13(15)18/h4-6,11H,2-3,7-10,19H2,1H3,(H,20,21). The fourth-order valence-electron chi connectivity index (χ4n) is 3.20. The molecule has 1 unspecified atom stereocenters. The Bertz CT molecular complexity index is 491. The largest absolute Gasteiger partial charge is 0.355 e. The van der Waals surface area contributed by atoms with E-state index in [9.17, 15) is 13.6 Å². The minimum absolute atomic E-state index is 0.114. The van der Waals surface area contributed by atoms with Crippen LogP contribution >= 0.6 is 0 Å². The molecule has 1 aromatic rings. The normalized spacial score (nSPS) is 18.5. The summed E-state index contributed by atoms with van der Waals surface area (Å²) in [5.74, 6) is -1.23. The predicted octanol–water partition coefficient (Wildman–Crippen LogP) is 2.63. The van der Waals surface area contributed by atoms with E-state index < -0.39 is 17.0 Å². The second-order valence-corrected chi connectivity index (χ2v) is 6.04. The molecule has 3 N–H and O–H groups in total. The summed E-state index contributed by atoms with van der Waals surface area (Å²) in [5.41, 5.74) is 5.07. The van der Waals surface area contributed by atoms with E-state index in [0.717, 1.165) is 12.8 Å². The Morgan fingerprint density at radius 1 is 1.33 bits per heavy atom. The van der Waals surface area contributed by atoms with Crippen LogP contribution < -0.4 is 11.1 Å². The van der Waals surface area contributed by atoms with E-state index in [1.54, 1.807) is 6.92 Å². The molecule has 116 valence electrons. The van der Waals surface area contributed by atoms with Crippen LogP contribution in [0, 0.1) is 11.6 Å². The van der Waals surface area contributed by atoms with Crippen LogP contribution in [0.5, 0.6) is 0 Å². The number of hydrogen-bond acceptors (Lipinski definition) is 2. The Balaban J connectivity index is 2.19. The van der Waals surface area contributed by atoms with Crippen molar-refractivity contribution in [2.45, 2.75) is 50.5 Å². The van der Waals surface area contributed by atoms with Gasteiger partial charge < -0.3 is 11.1 Å². The van der Waals surface area contributed by atoms with Gasteiger partial charge in [-0.05, 0) is 31.9 Å². The predicted molar refractivity (Wildman–Crippen MR) is 77.8 cm³/mol. The van der Waals surface area contributed by atoms with Crippen LogP contribution in [0.2, 0.25) is 0 Å². The summed E-state index contributed by atoms with van der Waals surface area (Å²) in [6.45, 7) is 2.01. The molecule has 1 aromatic carbocycles. The molecule has 2 rings (SSSR count). The lowest BCUT2D eigenvalue weighted by atomic mass is 9.78. The Morgan fingerprint density at radius 2 is 1.90 bits per heavy atom. The molecule has 1 aliphatic rings. The zero-order valence-corrected chi connectivity index (χ0v) is 12.3. The Labute approximate surface area is 123 Å².